The van der Waals surface area contributed by atoms with Crippen LogP contribution in [-0.4, -0.2) is 52.9 Å². The lowest BCUT2D eigenvalue weighted by Gasteiger charge is -2.38. The molecule has 1 aliphatic heterocycles. The topological polar surface area (TPSA) is 96.8 Å². The monoisotopic (exact) mass is 428 g/mol. The number of nitrogens with zero attached hydrogens (tertiary/aromatic N) is 3. The third-order valence-corrected chi connectivity index (χ3v) is 5.31. The summed E-state index contributed by atoms with van der Waals surface area (Å²) in [7, 11) is 0. The maximum Gasteiger partial charge on any atom is 0.316 e. The van der Waals surface area contributed by atoms with Crippen LogP contribution < -0.4 is 15.0 Å². The van der Waals surface area contributed by atoms with Crippen molar-refractivity contribution in [3.05, 3.63) is 36.2 Å². The molecule has 2 atom stereocenters. The van der Waals surface area contributed by atoms with Gasteiger partial charge in [-0.1, -0.05) is 19.9 Å². The number of morpholine rings is 1. The molecule has 0 saturated carbocycles. The molecule has 1 aromatic carbocycles. The fourth-order valence-corrected chi connectivity index (χ4v) is 3.93. The number of carbonyl (C=O) groups is 1. The summed E-state index contributed by atoms with van der Waals surface area (Å²) in [5.74, 6) is -0.820. The first kappa shape index (κ1) is 22.8. The summed E-state index contributed by atoms with van der Waals surface area (Å²) >= 11 is 0. The quantitative estimate of drug-likeness (QED) is 0.652. The molecule has 0 amide bonds. The van der Waals surface area contributed by atoms with Gasteiger partial charge in [0.2, 0.25) is 0 Å². The average Bonchev–Trinajstić information content (AvgIpc) is 2.68. The fraction of sp³-hybridized carbons (Fsp3) is 0.522. The van der Waals surface area contributed by atoms with E-state index < -0.39 is 11.4 Å². The number of aliphatic carboxylic acids is 1. The predicted octanol–water partition coefficient (Wildman–Crippen LogP) is 3.98. The van der Waals surface area contributed by atoms with Crippen LogP contribution in [0.4, 0.5) is 17.1 Å². The summed E-state index contributed by atoms with van der Waals surface area (Å²) in [6.07, 6.45) is 3.65. The summed E-state index contributed by atoms with van der Waals surface area (Å²) in [6, 6.07) is 6.43. The molecule has 1 aliphatic rings. The van der Waals surface area contributed by atoms with Gasteiger partial charge in [-0.3, -0.25) is 4.79 Å². The molecule has 2 N–H and O–H groups in total. The third-order valence-electron chi connectivity index (χ3n) is 5.31. The van der Waals surface area contributed by atoms with E-state index in [1.165, 1.54) is 0 Å². The van der Waals surface area contributed by atoms with Crippen LogP contribution in [0.1, 0.15) is 46.6 Å². The van der Waals surface area contributed by atoms with Crippen molar-refractivity contribution >= 4 is 23.0 Å². The van der Waals surface area contributed by atoms with Crippen molar-refractivity contribution in [2.45, 2.75) is 58.7 Å². The summed E-state index contributed by atoms with van der Waals surface area (Å²) in [6.45, 7) is 12.0. The van der Waals surface area contributed by atoms with Gasteiger partial charge in [-0.15, -0.1) is 0 Å². The van der Waals surface area contributed by atoms with Crippen molar-refractivity contribution < 1.29 is 19.4 Å². The molecule has 2 heterocycles. The van der Waals surface area contributed by atoms with Crippen LogP contribution in [0.15, 0.2) is 30.6 Å². The van der Waals surface area contributed by atoms with Crippen LogP contribution in [0.5, 0.6) is 6.01 Å². The average molecular weight is 429 g/mol. The van der Waals surface area contributed by atoms with Gasteiger partial charge in [0.15, 0.2) is 0 Å². The Morgan fingerprint density at radius 3 is 2.48 bits per heavy atom. The van der Waals surface area contributed by atoms with E-state index in [4.69, 9.17) is 9.47 Å². The maximum absolute atomic E-state index is 11.4. The second kappa shape index (κ2) is 9.51. The summed E-state index contributed by atoms with van der Waals surface area (Å²) in [4.78, 5) is 22.1. The Balaban J connectivity index is 1.96. The van der Waals surface area contributed by atoms with E-state index >= 15 is 0 Å². The zero-order chi connectivity index (χ0) is 22.6. The molecule has 2 aromatic rings. The maximum atomic E-state index is 11.4. The normalized spacial score (nSPS) is 19.2. The van der Waals surface area contributed by atoms with Gasteiger partial charge in [0.25, 0.3) is 0 Å². The lowest BCUT2D eigenvalue weighted by atomic mass is 9.81. The molecule has 0 unspecified atom stereocenters. The zero-order valence-corrected chi connectivity index (χ0v) is 18.9. The molecule has 0 spiro atoms. The number of hydrogen-bond donors (Lipinski definition) is 2. The largest absolute Gasteiger partial charge is 0.481 e. The first-order valence-corrected chi connectivity index (χ1v) is 10.7. The number of ether oxygens (including phenoxy) is 2. The number of carboxylic acids is 1. The Morgan fingerprint density at radius 1 is 1.26 bits per heavy atom. The minimum atomic E-state index is -0.820. The molecule has 8 nitrogen and oxygen atoms in total. The number of hydrogen-bond acceptors (Lipinski definition) is 7. The van der Waals surface area contributed by atoms with Crippen molar-refractivity contribution in [3.8, 4) is 6.01 Å². The highest BCUT2D eigenvalue weighted by atomic mass is 16.5. The molecule has 0 radical (unpaired) electrons. The van der Waals surface area contributed by atoms with Crippen molar-refractivity contribution in [1.29, 1.82) is 0 Å². The lowest BCUT2D eigenvalue weighted by molar-refractivity contribution is -0.138. The minimum absolute atomic E-state index is 0.0452. The number of carboxylic acid groups (broad SMARTS) is 1. The van der Waals surface area contributed by atoms with E-state index in [1.807, 2.05) is 32.9 Å². The predicted molar refractivity (Wildman–Crippen MR) is 120 cm³/mol. The fourth-order valence-electron chi connectivity index (χ4n) is 3.93. The lowest BCUT2D eigenvalue weighted by Crippen LogP contribution is -2.45. The highest BCUT2D eigenvalue weighted by Gasteiger charge is 2.28. The SMILES string of the molecule is CCOc1ncc(Nc2cc(C(C)(C)CC(=O)O)ccc2N2C[C@@H](C)O[C@@H](C)C2)cn1. The number of anilines is 3. The molecular formula is C23H32N4O4. The van der Waals surface area contributed by atoms with Crippen LogP contribution in [0.2, 0.25) is 0 Å². The van der Waals surface area contributed by atoms with Crippen LogP contribution in [0.25, 0.3) is 0 Å². The van der Waals surface area contributed by atoms with Gasteiger partial charge in [0, 0.05) is 18.5 Å². The van der Waals surface area contributed by atoms with Crippen LogP contribution in [0.3, 0.4) is 0 Å². The van der Waals surface area contributed by atoms with Crippen molar-refractivity contribution in [1.82, 2.24) is 9.97 Å². The van der Waals surface area contributed by atoms with Crippen LogP contribution >= 0.6 is 0 Å². The second-order valence-corrected chi connectivity index (χ2v) is 8.66. The molecular weight excluding hydrogens is 396 g/mol. The van der Waals surface area contributed by atoms with Gasteiger partial charge < -0.3 is 24.8 Å². The standard InChI is InChI=1S/C23H32N4O4/c1-6-30-22-24-11-18(12-25-22)26-19-9-17(23(4,5)10-21(28)29)7-8-20(19)27-13-15(2)31-16(3)14-27/h7-9,11-12,15-16,26H,6,10,13-14H2,1-5H3,(H,28,29)/t15-,16+. The molecule has 0 bridgehead atoms. The second-order valence-electron chi connectivity index (χ2n) is 8.66. The zero-order valence-electron chi connectivity index (χ0n) is 18.9. The van der Waals surface area contributed by atoms with Gasteiger partial charge in [0.1, 0.15) is 0 Å². The first-order chi connectivity index (χ1) is 14.7. The van der Waals surface area contributed by atoms with Gasteiger partial charge in [0.05, 0.1) is 54.7 Å². The molecule has 31 heavy (non-hydrogen) atoms. The van der Waals surface area contributed by atoms with E-state index in [1.54, 1.807) is 12.4 Å². The third kappa shape index (κ3) is 5.85. The Kier molecular flexibility index (Phi) is 7.00. The Bertz CT molecular complexity index is 891. The molecule has 3 rings (SSSR count). The summed E-state index contributed by atoms with van der Waals surface area (Å²) in [5, 5.41) is 12.8. The van der Waals surface area contributed by atoms with E-state index in [9.17, 15) is 9.90 Å². The summed E-state index contributed by atoms with van der Waals surface area (Å²) in [5.41, 5.74) is 3.08. The first-order valence-electron chi connectivity index (χ1n) is 10.7. The minimum Gasteiger partial charge on any atom is -0.481 e. The molecule has 168 valence electrons. The molecule has 0 aliphatic carbocycles. The smallest absolute Gasteiger partial charge is 0.316 e. The Morgan fingerprint density at radius 2 is 1.90 bits per heavy atom. The molecule has 1 saturated heterocycles. The van der Waals surface area contributed by atoms with Gasteiger partial charge in [-0.05, 0) is 38.5 Å². The highest BCUT2D eigenvalue weighted by Crippen LogP contribution is 2.36. The molecule has 1 aromatic heterocycles. The Hall–Kier alpha value is -2.87. The Labute approximate surface area is 183 Å². The van der Waals surface area contributed by atoms with E-state index in [0.717, 1.165) is 35.7 Å². The van der Waals surface area contributed by atoms with Crippen molar-refractivity contribution in [2.24, 2.45) is 0 Å². The highest BCUT2D eigenvalue weighted by molar-refractivity contribution is 5.77. The van der Waals surface area contributed by atoms with Crippen LogP contribution in [0, 0.1) is 0 Å². The molecule has 8 heteroatoms. The number of aromatic nitrogens is 2. The van der Waals surface area contributed by atoms with Crippen molar-refractivity contribution in [3.63, 3.8) is 0 Å². The van der Waals surface area contributed by atoms with E-state index in [-0.39, 0.29) is 18.6 Å². The van der Waals surface area contributed by atoms with E-state index in [0.29, 0.717) is 12.6 Å². The number of nitrogens with one attached hydrogen (secondary N) is 1. The van der Waals surface area contributed by atoms with Gasteiger partial charge >= 0.3 is 12.0 Å². The van der Waals surface area contributed by atoms with Crippen LogP contribution in [-0.2, 0) is 14.9 Å². The molecule has 1 fully saturated rings. The van der Waals surface area contributed by atoms with Crippen molar-refractivity contribution in [2.75, 3.05) is 29.9 Å². The van der Waals surface area contributed by atoms with Gasteiger partial charge in [-0.2, -0.15) is 0 Å². The summed E-state index contributed by atoms with van der Waals surface area (Å²) < 4.78 is 11.2. The number of benzene rings is 1. The van der Waals surface area contributed by atoms with E-state index in [2.05, 4.69) is 40.1 Å². The number of rotatable bonds is 8. The van der Waals surface area contributed by atoms with Gasteiger partial charge in [-0.25, -0.2) is 9.97 Å².